The molecule has 0 atom stereocenters. The highest BCUT2D eigenvalue weighted by Gasteiger charge is 2.17. The van der Waals surface area contributed by atoms with Crippen molar-refractivity contribution in [1.29, 1.82) is 0 Å². The van der Waals surface area contributed by atoms with Gasteiger partial charge in [0.2, 0.25) is 0 Å². The van der Waals surface area contributed by atoms with Crippen LogP contribution in [0.1, 0.15) is 5.56 Å². The maximum absolute atomic E-state index is 13.9. The molecule has 3 N–H and O–H groups in total. The van der Waals surface area contributed by atoms with Crippen LogP contribution in [-0.4, -0.2) is 59.2 Å². The predicted molar refractivity (Wildman–Crippen MR) is 134 cm³/mol. The molecular formula is C26H21FN8O. The third kappa shape index (κ3) is 3.93. The van der Waals surface area contributed by atoms with Crippen LogP contribution in [0.4, 0.5) is 4.39 Å². The maximum Gasteiger partial charge on any atom is 0.159 e. The van der Waals surface area contributed by atoms with E-state index >= 15 is 0 Å². The molecular weight excluding hydrogens is 459 g/mol. The second kappa shape index (κ2) is 8.51. The summed E-state index contributed by atoms with van der Waals surface area (Å²) in [6, 6.07) is 9.65. The quantitative estimate of drug-likeness (QED) is 0.332. The number of benzene rings is 1. The normalized spacial score (nSPS) is 11.7. The molecule has 36 heavy (non-hydrogen) atoms. The SMILES string of the molecule is CN(C)Cc1cncc(-c2cc3c(-c4nc5c(-c6cc(O)cc(F)c6)nccc5[nH]4)n[nH]c3cn2)c1. The lowest BCUT2D eigenvalue weighted by Gasteiger charge is -2.10. The number of halogens is 1. The van der Waals surface area contributed by atoms with Gasteiger partial charge in [-0.2, -0.15) is 5.10 Å². The van der Waals surface area contributed by atoms with Crippen LogP contribution in [-0.2, 0) is 6.54 Å². The molecule has 10 heteroatoms. The molecule has 0 amide bonds. The Morgan fingerprint density at radius 1 is 0.944 bits per heavy atom. The number of hydrogen-bond acceptors (Lipinski definition) is 7. The van der Waals surface area contributed by atoms with Crippen LogP contribution in [0.5, 0.6) is 5.75 Å². The molecule has 0 aliphatic carbocycles. The fourth-order valence-corrected chi connectivity index (χ4v) is 4.30. The molecule has 0 fully saturated rings. The van der Waals surface area contributed by atoms with Gasteiger partial charge in [-0.1, -0.05) is 0 Å². The van der Waals surface area contributed by atoms with Gasteiger partial charge in [0.25, 0.3) is 0 Å². The lowest BCUT2D eigenvalue weighted by Crippen LogP contribution is -2.10. The minimum absolute atomic E-state index is 0.179. The topological polar surface area (TPSA) is 120 Å². The number of aromatic hydroxyl groups is 1. The van der Waals surface area contributed by atoms with Crippen molar-refractivity contribution in [3.63, 3.8) is 0 Å². The van der Waals surface area contributed by atoms with Gasteiger partial charge in [0.1, 0.15) is 22.8 Å². The first-order valence-electron chi connectivity index (χ1n) is 11.2. The zero-order valence-corrected chi connectivity index (χ0v) is 19.5. The molecule has 9 nitrogen and oxygen atoms in total. The molecule has 0 aliphatic rings. The van der Waals surface area contributed by atoms with Gasteiger partial charge < -0.3 is 15.0 Å². The molecule has 6 aromatic rings. The van der Waals surface area contributed by atoms with Gasteiger partial charge in [-0.15, -0.1) is 0 Å². The molecule has 5 heterocycles. The number of pyridine rings is 3. The van der Waals surface area contributed by atoms with Gasteiger partial charge in [0.05, 0.1) is 28.6 Å². The van der Waals surface area contributed by atoms with Gasteiger partial charge in [0, 0.05) is 47.7 Å². The van der Waals surface area contributed by atoms with E-state index in [0.717, 1.165) is 40.3 Å². The standard InChI is InChI=1S/C26H21FN8O/c1-35(2)13-14-5-16(11-28-10-14)21-9-19-22(12-30-21)33-34-24(19)26-31-20-3-4-29-23(25(20)32-26)15-6-17(27)8-18(36)7-15/h3-12,36H,13H2,1-2H3,(H,31,32)(H,33,34). The smallest absolute Gasteiger partial charge is 0.159 e. The van der Waals surface area contributed by atoms with Crippen molar-refractivity contribution in [2.75, 3.05) is 14.1 Å². The fraction of sp³-hybridized carbons (Fsp3) is 0.115. The Morgan fingerprint density at radius 3 is 2.67 bits per heavy atom. The Bertz CT molecular complexity index is 1720. The summed E-state index contributed by atoms with van der Waals surface area (Å²) in [7, 11) is 4.03. The van der Waals surface area contributed by atoms with Crippen molar-refractivity contribution in [3.8, 4) is 39.8 Å². The Hall–Kier alpha value is -4.70. The van der Waals surface area contributed by atoms with Crippen LogP contribution in [0.2, 0.25) is 0 Å². The molecule has 0 radical (unpaired) electrons. The number of H-pyrrole nitrogens is 2. The molecule has 0 bridgehead atoms. The first-order chi connectivity index (χ1) is 17.4. The van der Waals surface area contributed by atoms with Crippen molar-refractivity contribution < 1.29 is 9.50 Å². The molecule has 5 aromatic heterocycles. The largest absolute Gasteiger partial charge is 0.508 e. The third-order valence-corrected chi connectivity index (χ3v) is 5.82. The molecule has 6 rings (SSSR count). The van der Waals surface area contributed by atoms with E-state index in [1.807, 2.05) is 26.4 Å². The number of imidazole rings is 1. The van der Waals surface area contributed by atoms with E-state index in [-0.39, 0.29) is 5.75 Å². The molecule has 0 saturated heterocycles. The average molecular weight is 481 g/mol. The Balaban J connectivity index is 1.45. The fourth-order valence-electron chi connectivity index (χ4n) is 4.30. The van der Waals surface area contributed by atoms with E-state index in [4.69, 9.17) is 4.98 Å². The van der Waals surface area contributed by atoms with E-state index in [2.05, 4.69) is 41.1 Å². The summed E-state index contributed by atoms with van der Waals surface area (Å²) in [5.41, 5.74) is 6.30. The molecule has 0 saturated carbocycles. The van der Waals surface area contributed by atoms with Crippen molar-refractivity contribution >= 4 is 21.9 Å². The number of aromatic amines is 2. The number of rotatable bonds is 5. The maximum atomic E-state index is 13.9. The number of hydrogen-bond donors (Lipinski definition) is 3. The molecule has 0 unspecified atom stereocenters. The summed E-state index contributed by atoms with van der Waals surface area (Å²) in [5.74, 6) is -0.202. The van der Waals surface area contributed by atoms with Crippen LogP contribution in [0.3, 0.4) is 0 Å². The van der Waals surface area contributed by atoms with Crippen LogP contribution in [0.25, 0.3) is 56.0 Å². The van der Waals surface area contributed by atoms with E-state index < -0.39 is 5.82 Å². The van der Waals surface area contributed by atoms with Gasteiger partial charge >= 0.3 is 0 Å². The molecule has 0 aliphatic heterocycles. The minimum atomic E-state index is -0.554. The zero-order chi connectivity index (χ0) is 24.8. The van der Waals surface area contributed by atoms with Crippen LogP contribution >= 0.6 is 0 Å². The summed E-state index contributed by atoms with van der Waals surface area (Å²) < 4.78 is 13.9. The monoisotopic (exact) mass is 480 g/mol. The number of phenolic OH excluding ortho intramolecular Hbond substituents is 1. The van der Waals surface area contributed by atoms with E-state index in [1.165, 1.54) is 12.1 Å². The zero-order valence-electron chi connectivity index (χ0n) is 19.5. The second-order valence-corrected chi connectivity index (χ2v) is 8.85. The number of phenols is 1. The first kappa shape index (κ1) is 21.8. The predicted octanol–water partition coefficient (Wildman–Crippen LogP) is 4.53. The molecule has 1 aromatic carbocycles. The Labute approximate surface area is 204 Å². The number of fused-ring (bicyclic) bond motifs is 2. The van der Waals surface area contributed by atoms with Crippen molar-refractivity contribution in [2.45, 2.75) is 6.54 Å². The Kier molecular flexibility index (Phi) is 5.15. The summed E-state index contributed by atoms with van der Waals surface area (Å²) in [6.45, 7) is 0.776. The molecule has 0 spiro atoms. The highest BCUT2D eigenvalue weighted by molar-refractivity contribution is 5.96. The number of nitrogens with one attached hydrogen (secondary N) is 2. The lowest BCUT2D eigenvalue weighted by atomic mass is 10.1. The summed E-state index contributed by atoms with van der Waals surface area (Å²) in [5, 5.41) is 18.2. The first-order valence-corrected chi connectivity index (χ1v) is 11.2. The van der Waals surface area contributed by atoms with Gasteiger partial charge in [-0.3, -0.25) is 20.1 Å². The minimum Gasteiger partial charge on any atom is -0.508 e. The van der Waals surface area contributed by atoms with Crippen LogP contribution in [0, 0.1) is 5.82 Å². The van der Waals surface area contributed by atoms with Crippen molar-refractivity contribution in [1.82, 2.24) is 40.0 Å². The van der Waals surface area contributed by atoms with Gasteiger partial charge in [-0.25, -0.2) is 9.37 Å². The number of nitrogens with zero attached hydrogens (tertiary/aromatic N) is 6. The highest BCUT2D eigenvalue weighted by atomic mass is 19.1. The van der Waals surface area contributed by atoms with E-state index in [0.29, 0.717) is 33.8 Å². The van der Waals surface area contributed by atoms with Crippen LogP contribution < -0.4 is 0 Å². The summed E-state index contributed by atoms with van der Waals surface area (Å²) in [6.07, 6.45) is 7.00. The number of aromatic nitrogens is 7. The molecule has 178 valence electrons. The third-order valence-electron chi connectivity index (χ3n) is 5.82. The van der Waals surface area contributed by atoms with E-state index in [9.17, 15) is 9.50 Å². The Morgan fingerprint density at radius 2 is 1.83 bits per heavy atom. The van der Waals surface area contributed by atoms with Gasteiger partial charge in [-0.05, 0) is 50.0 Å². The van der Waals surface area contributed by atoms with Crippen molar-refractivity contribution in [2.24, 2.45) is 0 Å². The average Bonchev–Trinajstić information content (AvgIpc) is 3.46. The lowest BCUT2D eigenvalue weighted by molar-refractivity contribution is 0.402. The van der Waals surface area contributed by atoms with Crippen molar-refractivity contribution in [3.05, 3.63) is 72.6 Å². The highest BCUT2D eigenvalue weighted by Crippen LogP contribution is 2.32. The van der Waals surface area contributed by atoms with E-state index in [1.54, 1.807) is 24.7 Å². The van der Waals surface area contributed by atoms with Crippen LogP contribution in [0.15, 0.2) is 61.2 Å². The second-order valence-electron chi connectivity index (χ2n) is 8.85. The summed E-state index contributed by atoms with van der Waals surface area (Å²) >= 11 is 0. The summed E-state index contributed by atoms with van der Waals surface area (Å²) in [4.78, 5) is 23.5. The van der Waals surface area contributed by atoms with Gasteiger partial charge in [0.15, 0.2) is 5.82 Å².